The van der Waals surface area contributed by atoms with E-state index in [0.717, 1.165) is 11.3 Å². The highest BCUT2D eigenvalue weighted by molar-refractivity contribution is 5.45. The van der Waals surface area contributed by atoms with Gasteiger partial charge in [-0.2, -0.15) is 10.4 Å². The molecule has 0 fully saturated rings. The van der Waals surface area contributed by atoms with E-state index in [1.165, 1.54) is 0 Å². The minimum Gasteiger partial charge on any atom is -0.495 e. The molecule has 1 heterocycles. The van der Waals surface area contributed by atoms with Gasteiger partial charge < -0.3 is 10.1 Å². The van der Waals surface area contributed by atoms with Crippen LogP contribution in [0.4, 0.5) is 0 Å². The summed E-state index contributed by atoms with van der Waals surface area (Å²) in [5.74, 6) is 0.606. The number of hydrogen-bond donors (Lipinski definition) is 2. The van der Waals surface area contributed by atoms with E-state index >= 15 is 0 Å². The fourth-order valence-corrected chi connectivity index (χ4v) is 1.68. The molecule has 0 unspecified atom stereocenters. The van der Waals surface area contributed by atoms with Gasteiger partial charge in [-0.1, -0.05) is 6.07 Å². The van der Waals surface area contributed by atoms with Gasteiger partial charge in [0.25, 0.3) is 0 Å². The number of benzene rings is 1. The van der Waals surface area contributed by atoms with Gasteiger partial charge in [0.05, 0.1) is 12.7 Å². The summed E-state index contributed by atoms with van der Waals surface area (Å²) >= 11 is 0. The molecular formula is C13H14N4O. The van der Waals surface area contributed by atoms with Gasteiger partial charge in [-0.05, 0) is 23.8 Å². The van der Waals surface area contributed by atoms with E-state index in [4.69, 9.17) is 10.00 Å². The molecule has 18 heavy (non-hydrogen) atoms. The number of nitriles is 1. The number of aromatic nitrogens is 2. The number of ether oxygens (including phenoxy) is 1. The summed E-state index contributed by atoms with van der Waals surface area (Å²) in [7, 11) is 1.56. The molecule has 2 N–H and O–H groups in total. The quantitative estimate of drug-likeness (QED) is 0.834. The van der Waals surface area contributed by atoms with Crippen LogP contribution in [-0.4, -0.2) is 17.3 Å². The van der Waals surface area contributed by atoms with Gasteiger partial charge in [-0.15, -0.1) is 0 Å². The number of aromatic amines is 1. The third kappa shape index (κ3) is 2.87. The Labute approximate surface area is 105 Å². The second-order valence-corrected chi connectivity index (χ2v) is 3.83. The van der Waals surface area contributed by atoms with Gasteiger partial charge in [0.1, 0.15) is 11.8 Å². The predicted octanol–water partition coefficient (Wildman–Crippen LogP) is 1.58. The highest BCUT2D eigenvalue weighted by Gasteiger charge is 2.03. The van der Waals surface area contributed by atoms with Crippen molar-refractivity contribution in [1.29, 1.82) is 5.26 Å². The molecule has 1 aromatic heterocycles. The molecule has 1 aromatic carbocycles. The normalized spacial score (nSPS) is 10.0. The molecule has 2 rings (SSSR count). The maximum atomic E-state index is 8.99. The van der Waals surface area contributed by atoms with E-state index in [9.17, 15) is 0 Å². The SMILES string of the molecule is COc1ccc(CNCc2ccn[nH]2)cc1C#N. The van der Waals surface area contributed by atoms with Gasteiger partial charge >= 0.3 is 0 Å². The van der Waals surface area contributed by atoms with Crippen molar-refractivity contribution in [3.05, 3.63) is 47.3 Å². The Morgan fingerprint density at radius 3 is 2.94 bits per heavy atom. The zero-order chi connectivity index (χ0) is 12.8. The monoisotopic (exact) mass is 242 g/mol. The Morgan fingerprint density at radius 1 is 1.39 bits per heavy atom. The Hall–Kier alpha value is -2.32. The number of hydrogen-bond acceptors (Lipinski definition) is 4. The Morgan fingerprint density at radius 2 is 2.28 bits per heavy atom. The summed E-state index contributed by atoms with van der Waals surface area (Å²) in [5, 5.41) is 19.0. The molecule has 5 heteroatoms. The lowest BCUT2D eigenvalue weighted by molar-refractivity contribution is 0.413. The molecule has 5 nitrogen and oxygen atoms in total. The molecule has 0 saturated heterocycles. The molecule has 0 saturated carbocycles. The van der Waals surface area contributed by atoms with E-state index < -0.39 is 0 Å². The van der Waals surface area contributed by atoms with Crippen molar-refractivity contribution < 1.29 is 4.74 Å². The standard InChI is InChI=1S/C13H14N4O/c1-18-13-3-2-10(6-11(13)7-14)8-15-9-12-4-5-16-17-12/h2-6,15H,8-9H2,1H3,(H,16,17). The van der Waals surface area contributed by atoms with Crippen molar-refractivity contribution in [1.82, 2.24) is 15.5 Å². The lowest BCUT2D eigenvalue weighted by Gasteiger charge is -2.06. The van der Waals surface area contributed by atoms with E-state index in [1.54, 1.807) is 13.3 Å². The number of H-pyrrole nitrogens is 1. The fourth-order valence-electron chi connectivity index (χ4n) is 1.68. The molecule has 0 aliphatic carbocycles. The van der Waals surface area contributed by atoms with Crippen LogP contribution in [0.2, 0.25) is 0 Å². The van der Waals surface area contributed by atoms with Crippen LogP contribution in [0, 0.1) is 11.3 Å². The third-order valence-electron chi connectivity index (χ3n) is 2.59. The first-order valence-corrected chi connectivity index (χ1v) is 5.59. The average Bonchev–Trinajstić information content (AvgIpc) is 2.91. The molecule has 0 amide bonds. The molecule has 0 bridgehead atoms. The summed E-state index contributed by atoms with van der Waals surface area (Å²) < 4.78 is 5.10. The smallest absolute Gasteiger partial charge is 0.136 e. The van der Waals surface area contributed by atoms with E-state index in [0.29, 0.717) is 24.4 Å². The maximum absolute atomic E-state index is 8.99. The van der Waals surface area contributed by atoms with Gasteiger partial charge in [0.15, 0.2) is 0 Å². The number of nitrogens with zero attached hydrogens (tertiary/aromatic N) is 2. The van der Waals surface area contributed by atoms with E-state index in [1.807, 2.05) is 24.3 Å². The fraction of sp³-hybridized carbons (Fsp3) is 0.231. The lowest BCUT2D eigenvalue weighted by Crippen LogP contribution is -2.13. The van der Waals surface area contributed by atoms with E-state index in [-0.39, 0.29) is 0 Å². The van der Waals surface area contributed by atoms with Crippen LogP contribution in [0.5, 0.6) is 5.75 Å². The average molecular weight is 242 g/mol. The summed E-state index contributed by atoms with van der Waals surface area (Å²) in [6, 6.07) is 9.63. The largest absolute Gasteiger partial charge is 0.495 e. The molecular weight excluding hydrogens is 228 g/mol. The molecule has 0 aliphatic rings. The molecule has 0 atom stereocenters. The molecule has 0 spiro atoms. The minimum absolute atomic E-state index is 0.554. The second kappa shape index (κ2) is 5.84. The maximum Gasteiger partial charge on any atom is 0.136 e. The van der Waals surface area contributed by atoms with Gasteiger partial charge in [-0.3, -0.25) is 5.10 Å². The second-order valence-electron chi connectivity index (χ2n) is 3.83. The minimum atomic E-state index is 0.554. The Kier molecular flexibility index (Phi) is 3.94. The van der Waals surface area contributed by atoms with Gasteiger partial charge in [0, 0.05) is 25.0 Å². The molecule has 92 valence electrons. The Balaban J connectivity index is 1.96. The molecule has 2 aromatic rings. The third-order valence-corrected chi connectivity index (χ3v) is 2.59. The van der Waals surface area contributed by atoms with Crippen LogP contribution in [0.3, 0.4) is 0 Å². The van der Waals surface area contributed by atoms with Crippen molar-refractivity contribution in [2.75, 3.05) is 7.11 Å². The molecule has 0 radical (unpaired) electrons. The summed E-state index contributed by atoms with van der Waals surface area (Å²) in [4.78, 5) is 0. The molecule has 0 aliphatic heterocycles. The lowest BCUT2D eigenvalue weighted by atomic mass is 10.1. The van der Waals surface area contributed by atoms with Crippen molar-refractivity contribution in [2.24, 2.45) is 0 Å². The summed E-state index contributed by atoms with van der Waals surface area (Å²) in [6.45, 7) is 1.41. The first kappa shape index (κ1) is 12.1. The van der Waals surface area contributed by atoms with Crippen LogP contribution < -0.4 is 10.1 Å². The first-order chi connectivity index (χ1) is 8.83. The zero-order valence-corrected chi connectivity index (χ0v) is 10.1. The topological polar surface area (TPSA) is 73.7 Å². The summed E-state index contributed by atoms with van der Waals surface area (Å²) in [6.07, 6.45) is 1.72. The van der Waals surface area contributed by atoms with Crippen molar-refractivity contribution in [2.45, 2.75) is 13.1 Å². The highest BCUT2D eigenvalue weighted by atomic mass is 16.5. The van der Waals surface area contributed by atoms with Gasteiger partial charge in [0.2, 0.25) is 0 Å². The Bertz CT molecular complexity index is 543. The van der Waals surface area contributed by atoms with Crippen LogP contribution in [0.25, 0.3) is 0 Å². The van der Waals surface area contributed by atoms with E-state index in [2.05, 4.69) is 21.6 Å². The van der Waals surface area contributed by atoms with Crippen molar-refractivity contribution >= 4 is 0 Å². The predicted molar refractivity (Wildman–Crippen MR) is 66.8 cm³/mol. The van der Waals surface area contributed by atoms with Crippen LogP contribution in [0.15, 0.2) is 30.5 Å². The van der Waals surface area contributed by atoms with Crippen LogP contribution in [-0.2, 0) is 13.1 Å². The van der Waals surface area contributed by atoms with Crippen molar-refractivity contribution in [3.8, 4) is 11.8 Å². The van der Waals surface area contributed by atoms with Crippen LogP contribution >= 0.6 is 0 Å². The number of methoxy groups -OCH3 is 1. The number of nitrogens with one attached hydrogen (secondary N) is 2. The number of rotatable bonds is 5. The van der Waals surface area contributed by atoms with Gasteiger partial charge in [-0.25, -0.2) is 0 Å². The first-order valence-electron chi connectivity index (χ1n) is 5.59. The summed E-state index contributed by atoms with van der Waals surface area (Å²) in [5.41, 5.74) is 2.63. The van der Waals surface area contributed by atoms with Crippen molar-refractivity contribution in [3.63, 3.8) is 0 Å². The van der Waals surface area contributed by atoms with Crippen LogP contribution in [0.1, 0.15) is 16.8 Å². The zero-order valence-electron chi connectivity index (χ0n) is 10.1. The highest BCUT2D eigenvalue weighted by Crippen LogP contribution is 2.18.